The number of carbonyl (C=O) groups is 2. The molecule has 0 aromatic rings. The van der Waals surface area contributed by atoms with Gasteiger partial charge in [0.15, 0.2) is 6.79 Å². The van der Waals surface area contributed by atoms with Crippen LogP contribution in [0.25, 0.3) is 0 Å². The van der Waals surface area contributed by atoms with Gasteiger partial charge in [-0.15, -0.1) is 0 Å². The summed E-state index contributed by atoms with van der Waals surface area (Å²) in [4.78, 5) is 23.4. The molecule has 0 radical (unpaired) electrons. The fraction of sp³-hybridized carbons (Fsp3) is 0.818. The van der Waals surface area contributed by atoms with Crippen LogP contribution in [0, 0.1) is 34.5 Å². The Balaban J connectivity index is 1.49. The Labute approximate surface area is 156 Å². The molecule has 0 amide bonds. The molecule has 0 aromatic heterocycles. The van der Waals surface area contributed by atoms with Gasteiger partial charge in [0.05, 0.1) is 6.10 Å². The van der Waals surface area contributed by atoms with Gasteiger partial charge in [0.25, 0.3) is 0 Å². The Morgan fingerprint density at radius 2 is 2.00 bits per heavy atom. The lowest BCUT2D eigenvalue weighted by atomic mass is 9.46. The fourth-order valence-corrected chi connectivity index (χ4v) is 6.87. The van der Waals surface area contributed by atoms with Crippen molar-refractivity contribution in [3.8, 4) is 0 Å². The first kappa shape index (κ1) is 18.2. The van der Waals surface area contributed by atoms with Gasteiger partial charge in [-0.2, -0.15) is 0 Å². The van der Waals surface area contributed by atoms with Crippen molar-refractivity contribution in [1.82, 2.24) is 0 Å². The lowest BCUT2D eigenvalue weighted by Crippen LogP contribution is -2.52. The van der Waals surface area contributed by atoms with Crippen molar-refractivity contribution in [1.29, 1.82) is 0 Å². The third-order valence-corrected chi connectivity index (χ3v) is 8.40. The zero-order valence-corrected chi connectivity index (χ0v) is 16.3. The third-order valence-electron chi connectivity index (χ3n) is 8.40. The zero-order chi connectivity index (χ0) is 18.5. The van der Waals surface area contributed by atoms with Crippen LogP contribution in [-0.2, 0) is 19.1 Å². The number of carbonyl (C=O) groups excluding carboxylic acids is 2. The summed E-state index contributed by atoms with van der Waals surface area (Å²) >= 11 is 0. The van der Waals surface area contributed by atoms with E-state index in [0.717, 1.165) is 25.7 Å². The quantitative estimate of drug-likeness (QED) is 0.428. The van der Waals surface area contributed by atoms with Gasteiger partial charge in [0.2, 0.25) is 0 Å². The summed E-state index contributed by atoms with van der Waals surface area (Å²) in [6.07, 6.45) is 12.3. The van der Waals surface area contributed by atoms with Gasteiger partial charge in [-0.1, -0.05) is 26.0 Å². The Bertz CT molecular complexity index is 626. The molecular formula is C22H32O4. The van der Waals surface area contributed by atoms with E-state index in [4.69, 9.17) is 9.47 Å². The van der Waals surface area contributed by atoms with Crippen molar-refractivity contribution >= 4 is 11.8 Å². The van der Waals surface area contributed by atoms with Gasteiger partial charge >= 0.3 is 5.97 Å². The van der Waals surface area contributed by atoms with E-state index in [1.54, 1.807) is 0 Å². The number of esters is 1. The van der Waals surface area contributed by atoms with Gasteiger partial charge in [-0.3, -0.25) is 9.59 Å². The van der Waals surface area contributed by atoms with Crippen LogP contribution in [0.4, 0.5) is 0 Å². The molecule has 0 saturated heterocycles. The van der Waals surface area contributed by atoms with Crippen molar-refractivity contribution in [2.45, 2.75) is 71.8 Å². The number of ketones is 1. The minimum Gasteiger partial charge on any atom is -0.439 e. The molecule has 2 unspecified atom stereocenters. The second-order valence-electron chi connectivity index (χ2n) is 9.49. The maximum absolute atomic E-state index is 12.5. The standard InChI is InChI=1S/C22H32O4/c1-14(23)25-13-26-16-8-10-21(2)15(12-16)4-5-17-18-6-7-20(24)22(18,3)11-9-19(17)21/h8,10,15-19H,4-7,9,11-13H2,1-3H3/t15?,16?,17-,18-,19+,21-,22-/m0/s1. The van der Waals surface area contributed by atoms with Crippen molar-refractivity contribution in [2.24, 2.45) is 34.5 Å². The van der Waals surface area contributed by atoms with Gasteiger partial charge in [0.1, 0.15) is 5.78 Å². The van der Waals surface area contributed by atoms with Crippen LogP contribution in [0.5, 0.6) is 0 Å². The van der Waals surface area contributed by atoms with E-state index in [2.05, 4.69) is 26.0 Å². The summed E-state index contributed by atoms with van der Waals surface area (Å²) < 4.78 is 10.7. The first-order valence-corrected chi connectivity index (χ1v) is 10.3. The zero-order valence-electron chi connectivity index (χ0n) is 16.3. The van der Waals surface area contributed by atoms with Crippen LogP contribution in [0.1, 0.15) is 65.7 Å². The lowest BCUT2D eigenvalue weighted by molar-refractivity contribution is -0.158. The highest BCUT2D eigenvalue weighted by Gasteiger charge is 2.59. The number of hydrogen-bond donors (Lipinski definition) is 0. The summed E-state index contributed by atoms with van der Waals surface area (Å²) in [6.45, 7) is 6.13. The molecule has 4 aliphatic rings. The highest BCUT2D eigenvalue weighted by molar-refractivity contribution is 5.87. The lowest BCUT2D eigenvalue weighted by Gasteiger charge is -2.58. The van der Waals surface area contributed by atoms with Crippen LogP contribution in [0.3, 0.4) is 0 Å². The number of rotatable bonds is 3. The first-order chi connectivity index (χ1) is 12.3. The average Bonchev–Trinajstić information content (AvgIpc) is 2.90. The van der Waals surface area contributed by atoms with Crippen molar-refractivity contribution < 1.29 is 19.1 Å². The molecule has 0 spiro atoms. The molecule has 0 bridgehead atoms. The molecule has 0 heterocycles. The smallest absolute Gasteiger partial charge is 0.304 e. The summed E-state index contributed by atoms with van der Waals surface area (Å²) in [7, 11) is 0. The molecule has 0 aromatic carbocycles. The average molecular weight is 360 g/mol. The van der Waals surface area contributed by atoms with E-state index in [0.29, 0.717) is 29.5 Å². The minimum absolute atomic E-state index is 0.0432. The molecule has 144 valence electrons. The molecule has 7 atom stereocenters. The molecule has 4 heteroatoms. The number of Topliss-reactive ketones (excluding diaryl/α,β-unsaturated/α-hetero) is 1. The van der Waals surface area contributed by atoms with Crippen LogP contribution in [-0.4, -0.2) is 24.6 Å². The SMILES string of the molecule is CC(=O)OCOC1C=C[C@@]2(C)C(CC[C@@H]3[C@H]2CC[C@]2(C)C(=O)CC[C@@H]32)C1. The highest BCUT2D eigenvalue weighted by Crippen LogP contribution is 2.64. The van der Waals surface area contributed by atoms with Crippen LogP contribution >= 0.6 is 0 Å². The normalized spacial score (nSPS) is 47.0. The number of ether oxygens (including phenoxy) is 2. The van der Waals surface area contributed by atoms with E-state index in [-0.39, 0.29) is 29.7 Å². The van der Waals surface area contributed by atoms with E-state index in [9.17, 15) is 9.59 Å². The summed E-state index contributed by atoms with van der Waals surface area (Å²) in [5, 5.41) is 0. The minimum atomic E-state index is -0.300. The Hall–Kier alpha value is -1.16. The molecule has 26 heavy (non-hydrogen) atoms. The van der Waals surface area contributed by atoms with Gasteiger partial charge in [0, 0.05) is 18.8 Å². The summed E-state index contributed by atoms with van der Waals surface area (Å²) in [5.74, 6) is 2.83. The Morgan fingerprint density at radius 1 is 1.19 bits per heavy atom. The molecule has 4 aliphatic carbocycles. The molecule has 3 fully saturated rings. The maximum Gasteiger partial charge on any atom is 0.304 e. The third kappa shape index (κ3) is 2.76. The molecule has 0 aliphatic heterocycles. The van der Waals surface area contributed by atoms with Gasteiger partial charge in [-0.05, 0) is 67.6 Å². The van der Waals surface area contributed by atoms with Crippen LogP contribution < -0.4 is 0 Å². The Kier molecular flexibility index (Phi) is 4.53. The molecule has 3 saturated carbocycles. The van der Waals surface area contributed by atoms with E-state index in [1.807, 2.05) is 0 Å². The predicted molar refractivity (Wildman–Crippen MR) is 98.1 cm³/mol. The summed E-state index contributed by atoms with van der Waals surface area (Å²) in [5.41, 5.74) is 0.176. The predicted octanol–water partition coefficient (Wildman–Crippen LogP) is 4.28. The molecular weight excluding hydrogens is 328 g/mol. The summed E-state index contributed by atoms with van der Waals surface area (Å²) in [6, 6.07) is 0. The molecule has 4 nitrogen and oxygen atoms in total. The first-order valence-electron chi connectivity index (χ1n) is 10.3. The Morgan fingerprint density at radius 3 is 2.77 bits per heavy atom. The van der Waals surface area contributed by atoms with Crippen molar-refractivity contribution in [3.05, 3.63) is 12.2 Å². The number of hydrogen-bond acceptors (Lipinski definition) is 4. The van der Waals surface area contributed by atoms with Gasteiger partial charge in [-0.25, -0.2) is 0 Å². The maximum atomic E-state index is 12.5. The van der Waals surface area contributed by atoms with E-state index >= 15 is 0 Å². The van der Waals surface area contributed by atoms with E-state index < -0.39 is 0 Å². The van der Waals surface area contributed by atoms with Crippen LogP contribution in [0.2, 0.25) is 0 Å². The second kappa shape index (κ2) is 6.47. The van der Waals surface area contributed by atoms with Crippen molar-refractivity contribution in [2.75, 3.05) is 6.79 Å². The highest BCUT2D eigenvalue weighted by atomic mass is 16.7. The van der Waals surface area contributed by atoms with Gasteiger partial charge < -0.3 is 9.47 Å². The van der Waals surface area contributed by atoms with Crippen LogP contribution in [0.15, 0.2) is 12.2 Å². The largest absolute Gasteiger partial charge is 0.439 e. The molecule has 4 rings (SSSR count). The topological polar surface area (TPSA) is 52.6 Å². The monoisotopic (exact) mass is 360 g/mol. The van der Waals surface area contributed by atoms with Crippen molar-refractivity contribution in [3.63, 3.8) is 0 Å². The second-order valence-corrected chi connectivity index (χ2v) is 9.49. The number of fused-ring (bicyclic) bond motifs is 5. The molecule has 0 N–H and O–H groups in total. The van der Waals surface area contributed by atoms with E-state index in [1.165, 1.54) is 26.2 Å². The fourth-order valence-electron chi connectivity index (χ4n) is 6.87. The number of allylic oxidation sites excluding steroid dienone is 1.